The topological polar surface area (TPSA) is 50.2 Å². The first kappa shape index (κ1) is 19.0. The Hall–Kier alpha value is -2.79. The van der Waals surface area contributed by atoms with Crippen LogP contribution in [0.5, 0.6) is 0 Å². The normalized spacial score (nSPS) is 10.5. The number of fused-ring (bicyclic) bond motifs is 1. The lowest BCUT2D eigenvalue weighted by molar-refractivity contribution is 0.873. The Morgan fingerprint density at radius 3 is 2.22 bits per heavy atom. The molecule has 0 fully saturated rings. The number of hydrogen-bond acceptors (Lipinski definition) is 3. The summed E-state index contributed by atoms with van der Waals surface area (Å²) in [7, 11) is 0. The summed E-state index contributed by atoms with van der Waals surface area (Å²) in [5.41, 5.74) is 4.25. The Kier molecular flexibility index (Phi) is 5.81. The average molecular weight is 378 g/mol. The molecule has 1 N–H and O–H groups in total. The highest BCUT2D eigenvalue weighted by molar-refractivity contribution is 7.99. The molecule has 0 bridgehead atoms. The van der Waals surface area contributed by atoms with E-state index >= 15 is 0 Å². The number of hydrogen-bond donors (Lipinski definition) is 1. The van der Waals surface area contributed by atoms with E-state index < -0.39 is 0 Å². The van der Waals surface area contributed by atoms with E-state index in [0.29, 0.717) is 5.65 Å². The summed E-state index contributed by atoms with van der Waals surface area (Å²) in [6.45, 7) is 7.80. The second-order valence-electron chi connectivity index (χ2n) is 5.95. The van der Waals surface area contributed by atoms with Gasteiger partial charge >= 0.3 is 0 Å². The molecule has 4 nitrogen and oxygen atoms in total. The van der Waals surface area contributed by atoms with Gasteiger partial charge in [0.1, 0.15) is 0 Å². The van der Waals surface area contributed by atoms with Crippen LogP contribution in [0.4, 0.5) is 0 Å². The Morgan fingerprint density at radius 2 is 1.56 bits per heavy atom. The van der Waals surface area contributed by atoms with E-state index in [2.05, 4.69) is 46.5 Å². The number of nitrogens with zero attached hydrogens (tertiary/aromatic N) is 2. The Labute approximate surface area is 163 Å². The molecule has 0 radical (unpaired) electrons. The molecule has 0 amide bonds. The van der Waals surface area contributed by atoms with Gasteiger partial charge in [-0.2, -0.15) is 0 Å². The quantitative estimate of drug-likeness (QED) is 0.514. The summed E-state index contributed by atoms with van der Waals surface area (Å²) >= 11 is 1.73. The van der Waals surface area contributed by atoms with Crippen LogP contribution in [0.15, 0.2) is 75.2 Å². The molecule has 0 saturated carbocycles. The molecule has 0 unspecified atom stereocenters. The predicted molar refractivity (Wildman–Crippen MR) is 113 cm³/mol. The first-order chi connectivity index (χ1) is 13.1. The van der Waals surface area contributed by atoms with Gasteiger partial charge in [0, 0.05) is 32.8 Å². The third kappa shape index (κ3) is 3.98. The molecule has 2 aromatic heterocycles. The summed E-state index contributed by atoms with van der Waals surface area (Å²) in [5, 5.41) is 3.11. The maximum absolute atomic E-state index is 12.1. The molecule has 138 valence electrons. The van der Waals surface area contributed by atoms with Crippen molar-refractivity contribution in [2.45, 2.75) is 37.5 Å². The highest BCUT2D eigenvalue weighted by Crippen LogP contribution is 2.31. The zero-order chi connectivity index (χ0) is 19.4. The van der Waals surface area contributed by atoms with Gasteiger partial charge in [0.05, 0.1) is 0 Å². The predicted octanol–water partition coefficient (Wildman–Crippen LogP) is 5.48. The van der Waals surface area contributed by atoms with Crippen molar-refractivity contribution in [2.75, 3.05) is 0 Å². The highest BCUT2D eigenvalue weighted by atomic mass is 32.2. The number of H-pyrrole nitrogens is 1. The monoisotopic (exact) mass is 377 g/mol. The van der Waals surface area contributed by atoms with Crippen LogP contribution < -0.4 is 5.56 Å². The Bertz CT molecular complexity index is 1100. The van der Waals surface area contributed by atoms with Crippen molar-refractivity contribution in [1.29, 1.82) is 0 Å². The molecule has 5 heteroatoms. The van der Waals surface area contributed by atoms with Gasteiger partial charge in [-0.05, 0) is 43.7 Å². The van der Waals surface area contributed by atoms with E-state index in [1.54, 1.807) is 11.8 Å². The third-order valence-corrected chi connectivity index (χ3v) is 5.06. The minimum atomic E-state index is -0.0897. The number of aromatic amines is 1. The van der Waals surface area contributed by atoms with Crippen molar-refractivity contribution in [3.05, 3.63) is 82.4 Å². The Balaban J connectivity index is 0.00000102. The van der Waals surface area contributed by atoms with Gasteiger partial charge in [0.25, 0.3) is 5.56 Å². The van der Waals surface area contributed by atoms with Crippen molar-refractivity contribution in [1.82, 2.24) is 14.6 Å². The summed E-state index contributed by atoms with van der Waals surface area (Å²) in [4.78, 5) is 19.1. The van der Waals surface area contributed by atoms with Crippen molar-refractivity contribution in [2.24, 2.45) is 0 Å². The van der Waals surface area contributed by atoms with Crippen LogP contribution in [0.2, 0.25) is 0 Å². The Morgan fingerprint density at radius 1 is 0.926 bits per heavy atom. The van der Waals surface area contributed by atoms with Crippen LogP contribution in [0.3, 0.4) is 0 Å². The molecular formula is C22H23N3OS. The minimum Gasteiger partial charge on any atom is -0.293 e. The lowest BCUT2D eigenvalue weighted by Gasteiger charge is -2.05. The van der Waals surface area contributed by atoms with Gasteiger partial charge < -0.3 is 0 Å². The van der Waals surface area contributed by atoms with Gasteiger partial charge in [0.15, 0.2) is 5.65 Å². The molecular weight excluding hydrogens is 354 g/mol. The minimum absolute atomic E-state index is 0.0897. The SMILES string of the molecule is CC.Cc1cc(=O)n2[nH]c(C)c(-c3ccc(Sc4ccccc4)cc3)c2n1. The smallest absolute Gasteiger partial charge is 0.272 e. The first-order valence-electron chi connectivity index (χ1n) is 9.04. The van der Waals surface area contributed by atoms with Crippen LogP contribution in [0, 0.1) is 13.8 Å². The van der Waals surface area contributed by atoms with Crippen LogP contribution in [-0.4, -0.2) is 14.6 Å². The third-order valence-electron chi connectivity index (χ3n) is 4.05. The van der Waals surface area contributed by atoms with Crippen molar-refractivity contribution in [3.8, 4) is 11.1 Å². The molecule has 0 saturated heterocycles. The van der Waals surface area contributed by atoms with Crippen molar-refractivity contribution in [3.63, 3.8) is 0 Å². The molecule has 0 atom stereocenters. The zero-order valence-electron chi connectivity index (χ0n) is 16.0. The van der Waals surface area contributed by atoms with E-state index in [9.17, 15) is 4.79 Å². The standard InChI is InChI=1S/C20H17N3OS.C2H6/c1-13-12-18(24)23-20(21-13)19(14(2)22-23)15-8-10-17(11-9-15)25-16-6-4-3-5-7-16;1-2/h3-12,22H,1-2H3;1-2H3. The van der Waals surface area contributed by atoms with Crippen LogP contribution in [0.25, 0.3) is 16.8 Å². The van der Waals surface area contributed by atoms with E-state index in [1.165, 1.54) is 20.4 Å². The number of aryl methyl sites for hydroxylation is 2. The number of benzene rings is 2. The van der Waals surface area contributed by atoms with Gasteiger partial charge in [-0.3, -0.25) is 9.89 Å². The van der Waals surface area contributed by atoms with E-state index in [-0.39, 0.29) is 5.56 Å². The molecule has 2 heterocycles. The van der Waals surface area contributed by atoms with E-state index in [0.717, 1.165) is 22.5 Å². The molecule has 4 aromatic rings. The lowest BCUT2D eigenvalue weighted by atomic mass is 10.1. The average Bonchev–Trinajstić information content (AvgIpc) is 3.01. The largest absolute Gasteiger partial charge is 0.293 e. The summed E-state index contributed by atoms with van der Waals surface area (Å²) in [5.74, 6) is 0. The van der Waals surface area contributed by atoms with Crippen molar-refractivity contribution < 1.29 is 0 Å². The van der Waals surface area contributed by atoms with Gasteiger partial charge in [-0.15, -0.1) is 0 Å². The maximum Gasteiger partial charge on any atom is 0.272 e. The molecule has 0 spiro atoms. The highest BCUT2D eigenvalue weighted by Gasteiger charge is 2.13. The van der Waals surface area contributed by atoms with E-state index in [1.807, 2.05) is 45.9 Å². The zero-order valence-corrected chi connectivity index (χ0v) is 16.8. The van der Waals surface area contributed by atoms with Gasteiger partial charge in [0.2, 0.25) is 0 Å². The van der Waals surface area contributed by atoms with Gasteiger partial charge in [-0.1, -0.05) is 55.9 Å². The fraction of sp³-hybridized carbons (Fsp3) is 0.182. The van der Waals surface area contributed by atoms with Crippen LogP contribution in [-0.2, 0) is 0 Å². The summed E-state index contributed by atoms with van der Waals surface area (Å²) < 4.78 is 1.50. The first-order valence-corrected chi connectivity index (χ1v) is 9.86. The van der Waals surface area contributed by atoms with Crippen LogP contribution in [0.1, 0.15) is 25.2 Å². The summed E-state index contributed by atoms with van der Waals surface area (Å²) in [6.07, 6.45) is 0. The number of aromatic nitrogens is 3. The molecule has 0 aliphatic rings. The molecule has 0 aliphatic heterocycles. The molecule has 4 rings (SSSR count). The van der Waals surface area contributed by atoms with E-state index in [4.69, 9.17) is 0 Å². The second-order valence-corrected chi connectivity index (χ2v) is 7.09. The summed E-state index contributed by atoms with van der Waals surface area (Å²) in [6, 6.07) is 20.2. The van der Waals surface area contributed by atoms with Crippen LogP contribution >= 0.6 is 11.8 Å². The molecule has 27 heavy (non-hydrogen) atoms. The fourth-order valence-corrected chi connectivity index (χ4v) is 3.76. The molecule has 0 aliphatic carbocycles. The second kappa shape index (κ2) is 8.27. The number of rotatable bonds is 3. The number of nitrogens with one attached hydrogen (secondary N) is 1. The van der Waals surface area contributed by atoms with Crippen molar-refractivity contribution >= 4 is 17.4 Å². The van der Waals surface area contributed by atoms with Gasteiger partial charge in [-0.25, -0.2) is 9.50 Å². The maximum atomic E-state index is 12.1. The fourth-order valence-electron chi connectivity index (χ4n) is 2.92. The lowest BCUT2D eigenvalue weighted by Crippen LogP contribution is -2.14. The molecule has 2 aromatic carbocycles.